The number of aryl methyl sites for hydroxylation is 1. The molecule has 0 spiro atoms. The molecule has 0 saturated carbocycles. The molecule has 6 heteroatoms. The average molecular weight is 352 g/mol. The number of esters is 1. The highest BCUT2D eigenvalue weighted by atomic mass is 16.6. The summed E-state index contributed by atoms with van der Waals surface area (Å²) in [5, 5.41) is 8.74. The molecule has 6 nitrogen and oxygen atoms in total. The maximum absolute atomic E-state index is 11.6. The molecule has 0 aliphatic rings. The molecule has 0 saturated heterocycles. The number of carbonyl (C=O) groups excluding carboxylic acids is 1. The van der Waals surface area contributed by atoms with Crippen LogP contribution in [0.5, 0.6) is 11.5 Å². The zero-order valence-electron chi connectivity index (χ0n) is 15.5. The highest BCUT2D eigenvalue weighted by Crippen LogP contribution is 2.26. The van der Waals surface area contributed by atoms with E-state index in [4.69, 9.17) is 19.3 Å². The van der Waals surface area contributed by atoms with Crippen LogP contribution >= 0.6 is 0 Å². The molecule has 0 amide bonds. The summed E-state index contributed by atoms with van der Waals surface area (Å²) < 4.78 is 16.2. The monoisotopic (exact) mass is 352 g/mol. The second-order valence-electron chi connectivity index (χ2n) is 6.76. The number of rotatable bonds is 10. The number of benzene rings is 1. The van der Waals surface area contributed by atoms with Gasteiger partial charge in [0.2, 0.25) is 0 Å². The molecule has 0 fully saturated rings. The normalized spacial score (nSPS) is 11.0. The molecule has 0 heterocycles. The van der Waals surface area contributed by atoms with Crippen LogP contribution in [0.1, 0.15) is 52.0 Å². The van der Waals surface area contributed by atoms with Crippen LogP contribution in [-0.4, -0.2) is 36.4 Å². The topological polar surface area (TPSA) is 82.1 Å². The number of hydrogen-bond acceptors (Lipinski definition) is 5. The summed E-state index contributed by atoms with van der Waals surface area (Å²) in [5.41, 5.74) is 0.437. The van der Waals surface area contributed by atoms with Crippen LogP contribution in [0.3, 0.4) is 0 Å². The van der Waals surface area contributed by atoms with Crippen molar-refractivity contribution in [2.45, 2.75) is 58.5 Å². The van der Waals surface area contributed by atoms with Gasteiger partial charge in [0.15, 0.2) is 0 Å². The molecule has 1 aromatic carbocycles. The molecular weight excluding hydrogens is 324 g/mol. The number of carboxylic acids is 1. The summed E-state index contributed by atoms with van der Waals surface area (Å²) in [7, 11) is 1.58. The highest BCUT2D eigenvalue weighted by molar-refractivity contribution is 5.69. The SMILES string of the molecule is COc1ccc(OCCCC(=O)OC(C)(C)C)cc1CCCC(=O)O. The molecule has 25 heavy (non-hydrogen) atoms. The highest BCUT2D eigenvalue weighted by Gasteiger charge is 2.15. The van der Waals surface area contributed by atoms with Crippen molar-refractivity contribution >= 4 is 11.9 Å². The first-order chi connectivity index (χ1) is 11.7. The first-order valence-corrected chi connectivity index (χ1v) is 8.44. The number of methoxy groups -OCH3 is 1. The molecule has 140 valence electrons. The maximum Gasteiger partial charge on any atom is 0.306 e. The fraction of sp³-hybridized carbons (Fsp3) is 0.579. The van der Waals surface area contributed by atoms with E-state index in [0.717, 1.165) is 5.56 Å². The molecule has 0 aromatic heterocycles. The quantitative estimate of drug-likeness (QED) is 0.512. The first-order valence-electron chi connectivity index (χ1n) is 8.44. The Morgan fingerprint density at radius 3 is 2.44 bits per heavy atom. The molecule has 0 bridgehead atoms. The zero-order chi connectivity index (χ0) is 18.9. The van der Waals surface area contributed by atoms with E-state index >= 15 is 0 Å². The molecule has 1 N–H and O–H groups in total. The largest absolute Gasteiger partial charge is 0.496 e. The number of ether oxygens (including phenoxy) is 3. The number of aliphatic carboxylic acids is 1. The minimum atomic E-state index is -0.812. The van der Waals surface area contributed by atoms with Gasteiger partial charge in [-0.05, 0) is 63.8 Å². The fourth-order valence-electron chi connectivity index (χ4n) is 2.27. The molecule has 0 aliphatic carbocycles. The Morgan fingerprint density at radius 1 is 1.12 bits per heavy atom. The zero-order valence-corrected chi connectivity index (χ0v) is 15.5. The summed E-state index contributed by atoms with van der Waals surface area (Å²) in [6, 6.07) is 5.46. The van der Waals surface area contributed by atoms with Crippen LogP contribution in [0.25, 0.3) is 0 Å². The Kier molecular flexibility index (Phi) is 8.25. The van der Waals surface area contributed by atoms with Crippen LogP contribution in [0.15, 0.2) is 18.2 Å². The molecule has 0 aliphatic heterocycles. The van der Waals surface area contributed by atoms with Gasteiger partial charge in [-0.15, -0.1) is 0 Å². The predicted octanol–water partition coefficient (Wildman–Crippen LogP) is 3.60. The molecule has 1 aromatic rings. The summed E-state index contributed by atoms with van der Waals surface area (Å²) in [6.45, 7) is 5.92. The van der Waals surface area contributed by atoms with Crippen molar-refractivity contribution in [1.82, 2.24) is 0 Å². The van der Waals surface area contributed by atoms with E-state index in [1.54, 1.807) is 19.2 Å². The predicted molar refractivity (Wildman–Crippen MR) is 94.1 cm³/mol. The van der Waals surface area contributed by atoms with Crippen LogP contribution in [0.4, 0.5) is 0 Å². The van der Waals surface area contributed by atoms with E-state index in [1.807, 2.05) is 26.8 Å². The smallest absolute Gasteiger partial charge is 0.306 e. The van der Waals surface area contributed by atoms with Gasteiger partial charge in [0, 0.05) is 12.8 Å². The van der Waals surface area contributed by atoms with Crippen molar-refractivity contribution in [3.8, 4) is 11.5 Å². The lowest BCUT2D eigenvalue weighted by molar-refractivity contribution is -0.155. The van der Waals surface area contributed by atoms with E-state index in [9.17, 15) is 9.59 Å². The van der Waals surface area contributed by atoms with Crippen molar-refractivity contribution in [2.24, 2.45) is 0 Å². The van der Waals surface area contributed by atoms with E-state index in [2.05, 4.69) is 0 Å². The second kappa shape index (κ2) is 9.91. The minimum absolute atomic E-state index is 0.115. The summed E-state index contributed by atoms with van der Waals surface area (Å²) in [4.78, 5) is 22.3. The third-order valence-corrected chi connectivity index (χ3v) is 3.30. The lowest BCUT2D eigenvalue weighted by atomic mass is 10.1. The van der Waals surface area contributed by atoms with E-state index in [0.29, 0.717) is 43.8 Å². The first kappa shape index (κ1) is 20.8. The van der Waals surface area contributed by atoms with Gasteiger partial charge in [-0.2, -0.15) is 0 Å². The van der Waals surface area contributed by atoms with Crippen LogP contribution in [0, 0.1) is 0 Å². The van der Waals surface area contributed by atoms with Crippen molar-refractivity contribution in [2.75, 3.05) is 13.7 Å². The van der Waals surface area contributed by atoms with Gasteiger partial charge in [0.25, 0.3) is 0 Å². The van der Waals surface area contributed by atoms with Gasteiger partial charge in [-0.25, -0.2) is 0 Å². The van der Waals surface area contributed by atoms with E-state index in [-0.39, 0.29) is 12.4 Å². The van der Waals surface area contributed by atoms with Gasteiger partial charge in [0.05, 0.1) is 13.7 Å². The van der Waals surface area contributed by atoms with Gasteiger partial charge in [0.1, 0.15) is 17.1 Å². The second-order valence-corrected chi connectivity index (χ2v) is 6.76. The van der Waals surface area contributed by atoms with Crippen molar-refractivity contribution in [3.05, 3.63) is 23.8 Å². The maximum atomic E-state index is 11.6. The van der Waals surface area contributed by atoms with E-state index < -0.39 is 11.6 Å². The van der Waals surface area contributed by atoms with Gasteiger partial charge in [-0.3, -0.25) is 9.59 Å². The minimum Gasteiger partial charge on any atom is -0.496 e. The Morgan fingerprint density at radius 2 is 1.84 bits per heavy atom. The van der Waals surface area contributed by atoms with Crippen LogP contribution in [0.2, 0.25) is 0 Å². The van der Waals surface area contributed by atoms with Crippen molar-refractivity contribution in [3.63, 3.8) is 0 Å². The van der Waals surface area contributed by atoms with Crippen molar-refractivity contribution in [1.29, 1.82) is 0 Å². The number of carboxylic acid groups (broad SMARTS) is 1. The molecule has 1 rings (SSSR count). The van der Waals surface area contributed by atoms with Crippen LogP contribution < -0.4 is 9.47 Å². The summed E-state index contributed by atoms with van der Waals surface area (Å²) >= 11 is 0. The Hall–Kier alpha value is -2.24. The average Bonchev–Trinajstić information content (AvgIpc) is 2.50. The lowest BCUT2D eigenvalue weighted by Crippen LogP contribution is -2.23. The van der Waals surface area contributed by atoms with Crippen LogP contribution in [-0.2, 0) is 20.7 Å². The summed E-state index contributed by atoms with van der Waals surface area (Å²) in [6.07, 6.45) is 2.12. The summed E-state index contributed by atoms with van der Waals surface area (Å²) in [5.74, 6) is 0.343. The Bertz CT molecular complexity index is 574. The van der Waals surface area contributed by atoms with Gasteiger partial charge >= 0.3 is 11.9 Å². The Balaban J connectivity index is 2.47. The van der Waals surface area contributed by atoms with Crippen molar-refractivity contribution < 1.29 is 28.9 Å². The molecule has 0 radical (unpaired) electrons. The third kappa shape index (κ3) is 8.98. The Labute approximate surface area is 149 Å². The van der Waals surface area contributed by atoms with Gasteiger partial charge < -0.3 is 19.3 Å². The number of carbonyl (C=O) groups is 2. The third-order valence-electron chi connectivity index (χ3n) is 3.30. The van der Waals surface area contributed by atoms with Gasteiger partial charge in [-0.1, -0.05) is 0 Å². The fourth-order valence-corrected chi connectivity index (χ4v) is 2.27. The standard InChI is InChI=1S/C19H28O6/c1-19(2,3)25-18(22)9-6-12-24-15-10-11-16(23-4)14(13-15)7-5-8-17(20)21/h10-11,13H,5-9,12H2,1-4H3,(H,20,21). The molecule has 0 unspecified atom stereocenters. The number of hydrogen-bond donors (Lipinski definition) is 1. The van der Waals surface area contributed by atoms with E-state index in [1.165, 1.54) is 0 Å². The molecule has 0 atom stereocenters. The lowest BCUT2D eigenvalue weighted by Gasteiger charge is -2.19. The molecular formula is C19H28O6.